The lowest BCUT2D eigenvalue weighted by atomic mass is 10.3. The third kappa shape index (κ3) is 5.49. The molecule has 0 aliphatic carbocycles. The Morgan fingerprint density at radius 2 is 2.05 bits per heavy atom. The fraction of sp³-hybridized carbons (Fsp3) is 0.462. The third-order valence-electron chi connectivity index (χ3n) is 2.53. The highest BCUT2D eigenvalue weighted by Gasteiger charge is 2.07. The summed E-state index contributed by atoms with van der Waals surface area (Å²) in [6.07, 6.45) is 4.04. The summed E-state index contributed by atoms with van der Waals surface area (Å²) in [5, 5.41) is 11.0. The van der Waals surface area contributed by atoms with Gasteiger partial charge in [-0.05, 0) is 39.8 Å². The van der Waals surface area contributed by atoms with E-state index in [0.29, 0.717) is 11.7 Å². The number of aliphatic hydroxyl groups is 1. The summed E-state index contributed by atoms with van der Waals surface area (Å²) in [5.41, 5.74) is 1.02. The maximum Gasteiger partial charge on any atom is 0.138 e. The summed E-state index contributed by atoms with van der Waals surface area (Å²) in [4.78, 5) is 4.01. The lowest BCUT2D eigenvalue weighted by Crippen LogP contribution is -2.13. The number of halogens is 2. The van der Waals surface area contributed by atoms with Crippen LogP contribution in [-0.2, 0) is 6.54 Å². The molecule has 1 N–H and O–H groups in total. The second kappa shape index (κ2) is 10.8. The van der Waals surface area contributed by atoms with Crippen molar-refractivity contribution < 1.29 is 5.11 Å². The summed E-state index contributed by atoms with van der Waals surface area (Å²) in [7, 11) is 3.50. The van der Waals surface area contributed by atoms with Gasteiger partial charge in [-0.1, -0.05) is 32.4 Å². The first-order valence-electron chi connectivity index (χ1n) is 6.16. The molecule has 19 heavy (non-hydrogen) atoms. The Bertz CT molecular complexity index is 479. The van der Waals surface area contributed by atoms with E-state index in [1.54, 1.807) is 6.20 Å². The lowest BCUT2D eigenvalue weighted by Gasteiger charge is -2.10. The quantitative estimate of drug-likeness (QED) is 0.432. The molecule has 3 nitrogen and oxygen atoms in total. The van der Waals surface area contributed by atoms with Crippen molar-refractivity contribution in [2.75, 3.05) is 0 Å². The zero-order valence-corrected chi connectivity index (χ0v) is 15.2. The maximum absolute atomic E-state index is 9.59. The van der Waals surface area contributed by atoms with Gasteiger partial charge in [0.2, 0.25) is 0 Å². The molecule has 0 bridgehead atoms. The Morgan fingerprint density at radius 1 is 1.42 bits per heavy atom. The van der Waals surface area contributed by atoms with E-state index in [1.165, 1.54) is 0 Å². The van der Waals surface area contributed by atoms with E-state index in [9.17, 15) is 5.11 Å². The first kappa shape index (κ1) is 19.0. The van der Waals surface area contributed by atoms with Crippen LogP contribution in [0.2, 0.25) is 5.15 Å². The van der Waals surface area contributed by atoms with Crippen molar-refractivity contribution in [2.45, 2.75) is 39.8 Å². The Balaban J connectivity index is 0.000000741. The SMILES string of the molecule is CC.CCC(O)Cn1ccc2c(Cl)nccc21.SI. The molecule has 0 aliphatic heterocycles. The van der Waals surface area contributed by atoms with Crippen LogP contribution in [0.3, 0.4) is 0 Å². The van der Waals surface area contributed by atoms with Gasteiger partial charge in [0.1, 0.15) is 5.15 Å². The normalized spacial score (nSPS) is 11.1. The van der Waals surface area contributed by atoms with Gasteiger partial charge in [0.25, 0.3) is 0 Å². The first-order chi connectivity index (χ1) is 9.22. The minimum Gasteiger partial charge on any atom is -0.391 e. The van der Waals surface area contributed by atoms with Crippen molar-refractivity contribution in [2.24, 2.45) is 0 Å². The number of hydrogen-bond acceptors (Lipinski definition) is 3. The zero-order chi connectivity index (χ0) is 14.8. The highest BCUT2D eigenvalue weighted by atomic mass is 127. The smallest absolute Gasteiger partial charge is 0.138 e. The molecule has 0 saturated heterocycles. The predicted octanol–water partition coefficient (Wildman–Crippen LogP) is 4.75. The standard InChI is InChI=1S/C11H13ClN2O.C2H6.HIS/c1-2-8(15)7-14-6-4-9-10(14)3-5-13-11(9)12;2*1-2/h3-6,8,15H,2,7H2,1H3;1-2H3;2H. The van der Waals surface area contributed by atoms with Gasteiger partial charge in [-0.2, -0.15) is 0 Å². The Labute approximate surface area is 137 Å². The number of aromatic nitrogens is 2. The Hall–Kier alpha value is 0.0200. The van der Waals surface area contributed by atoms with E-state index in [0.717, 1.165) is 17.3 Å². The van der Waals surface area contributed by atoms with Crippen LogP contribution in [-0.4, -0.2) is 20.8 Å². The van der Waals surface area contributed by atoms with Crippen molar-refractivity contribution in [1.82, 2.24) is 9.55 Å². The van der Waals surface area contributed by atoms with E-state index < -0.39 is 0 Å². The molecular formula is C13H20ClIN2OS. The van der Waals surface area contributed by atoms with E-state index in [-0.39, 0.29) is 6.10 Å². The zero-order valence-electron chi connectivity index (χ0n) is 11.3. The third-order valence-corrected chi connectivity index (χ3v) is 2.83. The van der Waals surface area contributed by atoms with Crippen LogP contribution >= 0.6 is 42.6 Å². The topological polar surface area (TPSA) is 38.0 Å². The first-order valence-corrected chi connectivity index (χ1v) is 9.77. The van der Waals surface area contributed by atoms with Crippen molar-refractivity contribution >= 4 is 53.5 Å². The molecule has 0 aliphatic rings. The van der Waals surface area contributed by atoms with Crippen molar-refractivity contribution in [3.05, 3.63) is 29.7 Å². The number of fused-ring (bicyclic) bond motifs is 1. The summed E-state index contributed by atoms with van der Waals surface area (Å²) >= 11 is 7.80. The molecule has 2 aromatic rings. The van der Waals surface area contributed by atoms with Crippen molar-refractivity contribution in [3.8, 4) is 0 Å². The second-order valence-electron chi connectivity index (χ2n) is 3.56. The second-order valence-corrected chi connectivity index (χ2v) is 3.92. The van der Waals surface area contributed by atoms with E-state index in [1.807, 2.05) is 64.9 Å². The molecule has 2 aromatic heterocycles. The maximum atomic E-state index is 9.59. The van der Waals surface area contributed by atoms with Gasteiger partial charge in [0.05, 0.1) is 11.6 Å². The molecule has 0 saturated carbocycles. The molecule has 2 heterocycles. The molecule has 108 valence electrons. The monoisotopic (exact) mass is 414 g/mol. The van der Waals surface area contributed by atoms with Gasteiger partial charge in [0, 0.05) is 24.3 Å². The molecule has 0 fully saturated rings. The number of nitrogens with zero attached hydrogens (tertiary/aromatic N) is 2. The fourth-order valence-electron chi connectivity index (χ4n) is 1.60. The van der Waals surface area contributed by atoms with Gasteiger partial charge in [0.15, 0.2) is 0 Å². The van der Waals surface area contributed by atoms with E-state index in [2.05, 4.69) is 14.8 Å². The van der Waals surface area contributed by atoms with Crippen molar-refractivity contribution in [1.29, 1.82) is 0 Å². The van der Waals surface area contributed by atoms with Gasteiger partial charge in [-0.15, -0.1) is 9.80 Å². The van der Waals surface area contributed by atoms with Crippen LogP contribution in [0.1, 0.15) is 27.2 Å². The average molecular weight is 415 g/mol. The largest absolute Gasteiger partial charge is 0.391 e. The van der Waals surface area contributed by atoms with Gasteiger partial charge >= 0.3 is 0 Å². The summed E-state index contributed by atoms with van der Waals surface area (Å²) in [5.74, 6) is 0. The number of thiol groups is 1. The average Bonchev–Trinajstić information content (AvgIpc) is 2.88. The molecular weight excluding hydrogens is 395 g/mol. The molecule has 0 spiro atoms. The van der Waals surface area contributed by atoms with Crippen LogP contribution in [0, 0.1) is 0 Å². The molecule has 1 unspecified atom stereocenters. The molecule has 0 aromatic carbocycles. The lowest BCUT2D eigenvalue weighted by molar-refractivity contribution is 0.151. The van der Waals surface area contributed by atoms with E-state index in [4.69, 9.17) is 11.6 Å². The number of hydrogen-bond donors (Lipinski definition) is 2. The number of aliphatic hydroxyl groups excluding tert-OH is 1. The molecule has 6 heteroatoms. The van der Waals surface area contributed by atoms with Crippen LogP contribution in [0.4, 0.5) is 0 Å². The number of rotatable bonds is 3. The van der Waals surface area contributed by atoms with Crippen LogP contribution < -0.4 is 0 Å². The minimum absolute atomic E-state index is 0.312. The van der Waals surface area contributed by atoms with Crippen molar-refractivity contribution in [3.63, 3.8) is 0 Å². The Morgan fingerprint density at radius 3 is 2.63 bits per heavy atom. The summed E-state index contributed by atoms with van der Waals surface area (Å²) < 4.78 is 2.00. The summed E-state index contributed by atoms with van der Waals surface area (Å²) in [6.45, 7) is 6.56. The summed E-state index contributed by atoms with van der Waals surface area (Å²) in [6, 6.07) is 3.83. The molecule has 0 amide bonds. The minimum atomic E-state index is -0.312. The highest BCUT2D eigenvalue weighted by Crippen LogP contribution is 2.22. The van der Waals surface area contributed by atoms with Crippen LogP contribution in [0.25, 0.3) is 10.9 Å². The van der Waals surface area contributed by atoms with E-state index >= 15 is 0 Å². The predicted molar refractivity (Wildman–Crippen MR) is 95.4 cm³/mol. The highest BCUT2D eigenvalue weighted by molar-refractivity contribution is 14.2. The molecule has 0 radical (unpaired) electrons. The van der Waals surface area contributed by atoms with Gasteiger partial charge in [-0.25, -0.2) is 4.98 Å². The van der Waals surface area contributed by atoms with Crippen LogP contribution in [0.5, 0.6) is 0 Å². The Kier molecular flexibility index (Phi) is 10.8. The van der Waals surface area contributed by atoms with Gasteiger partial charge in [-0.3, -0.25) is 0 Å². The molecule has 2 rings (SSSR count). The fourth-order valence-corrected chi connectivity index (χ4v) is 1.82. The van der Waals surface area contributed by atoms with Gasteiger partial charge < -0.3 is 9.67 Å². The molecule has 1 atom stereocenters. The van der Waals surface area contributed by atoms with Crippen LogP contribution in [0.15, 0.2) is 24.5 Å². The number of pyridine rings is 1.